The summed E-state index contributed by atoms with van der Waals surface area (Å²) in [6.07, 6.45) is 1.57. The fraction of sp³-hybridized carbons (Fsp3) is 0.160. The van der Waals surface area contributed by atoms with E-state index in [2.05, 4.69) is 20.6 Å². The molecule has 156 valence electrons. The van der Waals surface area contributed by atoms with Crippen LogP contribution in [0.3, 0.4) is 0 Å². The van der Waals surface area contributed by atoms with Crippen LogP contribution < -0.4 is 10.6 Å². The smallest absolute Gasteiger partial charge is 0.255 e. The Bertz CT molecular complexity index is 1240. The van der Waals surface area contributed by atoms with Crippen LogP contribution in [0, 0.1) is 6.92 Å². The molecule has 6 nitrogen and oxygen atoms in total. The zero-order valence-electron chi connectivity index (χ0n) is 17.5. The highest BCUT2D eigenvalue weighted by atomic mass is 16.2. The number of carbonyl (C=O) groups excluding carboxylic acids is 2. The molecule has 2 amide bonds. The Morgan fingerprint density at radius 2 is 1.71 bits per heavy atom. The molecule has 0 saturated carbocycles. The van der Waals surface area contributed by atoms with Crippen LogP contribution in [0.15, 0.2) is 66.7 Å². The molecular formula is C25H24N4O2. The Morgan fingerprint density at radius 3 is 2.45 bits per heavy atom. The van der Waals surface area contributed by atoms with E-state index in [1.807, 2.05) is 67.6 Å². The van der Waals surface area contributed by atoms with Gasteiger partial charge in [-0.15, -0.1) is 0 Å². The van der Waals surface area contributed by atoms with Gasteiger partial charge in [0.15, 0.2) is 0 Å². The van der Waals surface area contributed by atoms with Crippen molar-refractivity contribution < 1.29 is 9.59 Å². The molecule has 0 unspecified atom stereocenters. The summed E-state index contributed by atoms with van der Waals surface area (Å²) in [6.45, 7) is 3.48. The number of nitrogens with zero attached hydrogens (tertiary/aromatic N) is 1. The van der Waals surface area contributed by atoms with Crippen LogP contribution in [0.2, 0.25) is 0 Å². The fourth-order valence-electron chi connectivity index (χ4n) is 3.47. The predicted octanol–water partition coefficient (Wildman–Crippen LogP) is 4.87. The molecule has 6 heteroatoms. The minimum Gasteiger partial charge on any atom is -0.342 e. The van der Waals surface area contributed by atoms with Crippen LogP contribution in [0.4, 0.5) is 11.4 Å². The van der Waals surface area contributed by atoms with E-state index in [-0.39, 0.29) is 11.8 Å². The number of fused-ring (bicyclic) bond motifs is 1. The number of amides is 2. The number of aryl methyl sites for hydroxylation is 3. The van der Waals surface area contributed by atoms with Crippen LogP contribution in [0.5, 0.6) is 0 Å². The van der Waals surface area contributed by atoms with Crippen LogP contribution in [-0.4, -0.2) is 21.8 Å². The van der Waals surface area contributed by atoms with Crippen molar-refractivity contribution in [1.29, 1.82) is 0 Å². The maximum Gasteiger partial charge on any atom is 0.255 e. The van der Waals surface area contributed by atoms with Crippen molar-refractivity contribution >= 4 is 34.2 Å². The van der Waals surface area contributed by atoms with Gasteiger partial charge in [-0.05, 0) is 66.9 Å². The topological polar surface area (TPSA) is 86.9 Å². The number of aromatic amines is 1. The number of aromatic nitrogens is 2. The molecule has 0 aliphatic heterocycles. The van der Waals surface area contributed by atoms with E-state index in [0.29, 0.717) is 5.56 Å². The molecule has 0 radical (unpaired) electrons. The number of rotatable bonds is 6. The summed E-state index contributed by atoms with van der Waals surface area (Å²) in [7, 11) is 0. The van der Waals surface area contributed by atoms with Crippen molar-refractivity contribution in [3.8, 4) is 0 Å². The Morgan fingerprint density at radius 1 is 0.903 bits per heavy atom. The SMILES string of the molecule is CC(=O)Nc1ccc(CCc2nc3ccc(C(=O)Nc4cccc(C)c4)cc3[nH]2)cc1. The summed E-state index contributed by atoms with van der Waals surface area (Å²) >= 11 is 0. The number of anilines is 2. The standard InChI is InChI=1S/C25H24N4O2/c1-16-4-3-5-21(14-16)27-25(31)19-9-12-22-23(15-19)29-24(28-22)13-8-18-6-10-20(11-7-18)26-17(2)30/h3-7,9-12,14-15H,8,13H2,1-2H3,(H,26,30)(H,27,31)(H,28,29). The number of carbonyl (C=O) groups is 2. The van der Waals surface area contributed by atoms with Crippen molar-refractivity contribution in [3.05, 3.63) is 89.2 Å². The fourth-order valence-corrected chi connectivity index (χ4v) is 3.47. The number of benzene rings is 3. The lowest BCUT2D eigenvalue weighted by atomic mass is 10.1. The number of hydrogen-bond donors (Lipinski definition) is 3. The zero-order valence-corrected chi connectivity index (χ0v) is 17.5. The van der Waals surface area contributed by atoms with E-state index in [1.165, 1.54) is 6.92 Å². The van der Waals surface area contributed by atoms with Gasteiger partial charge in [0, 0.05) is 30.3 Å². The Labute approximate surface area is 180 Å². The van der Waals surface area contributed by atoms with Gasteiger partial charge in [0.1, 0.15) is 5.82 Å². The van der Waals surface area contributed by atoms with Crippen molar-refractivity contribution in [1.82, 2.24) is 9.97 Å². The molecule has 0 aliphatic carbocycles. The number of hydrogen-bond acceptors (Lipinski definition) is 3. The summed E-state index contributed by atoms with van der Waals surface area (Å²) in [5.41, 5.74) is 6.08. The first-order valence-electron chi connectivity index (χ1n) is 10.2. The highest BCUT2D eigenvalue weighted by Crippen LogP contribution is 2.18. The molecule has 0 aliphatic rings. The number of nitrogens with one attached hydrogen (secondary N) is 3. The second kappa shape index (κ2) is 8.83. The van der Waals surface area contributed by atoms with Gasteiger partial charge in [-0.3, -0.25) is 9.59 Å². The molecule has 0 spiro atoms. The number of imidazole rings is 1. The minimum absolute atomic E-state index is 0.0815. The van der Waals surface area contributed by atoms with Gasteiger partial charge < -0.3 is 15.6 Å². The number of H-pyrrole nitrogens is 1. The van der Waals surface area contributed by atoms with Gasteiger partial charge in [-0.25, -0.2) is 4.98 Å². The summed E-state index contributed by atoms with van der Waals surface area (Å²) < 4.78 is 0. The molecule has 31 heavy (non-hydrogen) atoms. The van der Waals surface area contributed by atoms with Gasteiger partial charge in [0.25, 0.3) is 5.91 Å². The van der Waals surface area contributed by atoms with Gasteiger partial charge in [0.05, 0.1) is 11.0 Å². The molecule has 0 bridgehead atoms. The quantitative estimate of drug-likeness (QED) is 0.422. The average Bonchev–Trinajstić information content (AvgIpc) is 3.15. The summed E-state index contributed by atoms with van der Waals surface area (Å²) in [4.78, 5) is 31.7. The van der Waals surface area contributed by atoms with Gasteiger partial charge >= 0.3 is 0 Å². The van der Waals surface area contributed by atoms with E-state index < -0.39 is 0 Å². The van der Waals surface area contributed by atoms with Gasteiger partial charge in [0.2, 0.25) is 5.91 Å². The molecule has 4 aromatic rings. The second-order valence-electron chi connectivity index (χ2n) is 7.62. The predicted molar refractivity (Wildman–Crippen MR) is 123 cm³/mol. The van der Waals surface area contributed by atoms with Gasteiger partial charge in [-0.1, -0.05) is 24.3 Å². The molecule has 0 fully saturated rings. The summed E-state index contributed by atoms with van der Waals surface area (Å²) in [5, 5.41) is 5.70. The van der Waals surface area contributed by atoms with Gasteiger partial charge in [-0.2, -0.15) is 0 Å². The maximum absolute atomic E-state index is 12.6. The molecule has 0 atom stereocenters. The lowest BCUT2D eigenvalue weighted by molar-refractivity contribution is -0.114. The van der Waals surface area contributed by atoms with E-state index in [9.17, 15) is 9.59 Å². The van der Waals surface area contributed by atoms with Crippen LogP contribution >= 0.6 is 0 Å². The third-order valence-electron chi connectivity index (χ3n) is 4.99. The Kier molecular flexibility index (Phi) is 5.80. The average molecular weight is 412 g/mol. The van der Waals surface area contributed by atoms with E-state index >= 15 is 0 Å². The van der Waals surface area contributed by atoms with Crippen molar-refractivity contribution in [3.63, 3.8) is 0 Å². The molecule has 1 aromatic heterocycles. The first kappa shape index (κ1) is 20.3. The van der Waals surface area contributed by atoms with E-state index in [4.69, 9.17) is 0 Å². The minimum atomic E-state index is -0.150. The van der Waals surface area contributed by atoms with Crippen molar-refractivity contribution in [2.75, 3.05) is 10.6 Å². The summed E-state index contributed by atoms with van der Waals surface area (Å²) in [6, 6.07) is 21.0. The second-order valence-corrected chi connectivity index (χ2v) is 7.62. The lowest BCUT2D eigenvalue weighted by Gasteiger charge is -2.06. The molecule has 0 saturated heterocycles. The summed E-state index contributed by atoms with van der Waals surface area (Å²) in [5.74, 6) is 0.641. The largest absolute Gasteiger partial charge is 0.342 e. The highest BCUT2D eigenvalue weighted by Gasteiger charge is 2.10. The Balaban J connectivity index is 1.42. The van der Waals surface area contributed by atoms with E-state index in [1.54, 1.807) is 6.07 Å². The van der Waals surface area contributed by atoms with Crippen LogP contribution in [-0.2, 0) is 17.6 Å². The third-order valence-corrected chi connectivity index (χ3v) is 4.99. The third kappa shape index (κ3) is 5.17. The van der Waals surface area contributed by atoms with Crippen molar-refractivity contribution in [2.24, 2.45) is 0 Å². The Hall–Kier alpha value is -3.93. The zero-order chi connectivity index (χ0) is 21.8. The normalized spacial score (nSPS) is 10.8. The molecule has 4 rings (SSSR count). The lowest BCUT2D eigenvalue weighted by Crippen LogP contribution is -2.11. The molecule has 3 aromatic carbocycles. The molecular weight excluding hydrogens is 388 g/mol. The van der Waals surface area contributed by atoms with Crippen LogP contribution in [0.25, 0.3) is 11.0 Å². The first-order valence-corrected chi connectivity index (χ1v) is 10.2. The van der Waals surface area contributed by atoms with Crippen LogP contribution in [0.1, 0.15) is 34.2 Å². The van der Waals surface area contributed by atoms with E-state index in [0.717, 1.165) is 52.2 Å². The monoisotopic (exact) mass is 412 g/mol. The highest BCUT2D eigenvalue weighted by molar-refractivity contribution is 6.06. The molecule has 3 N–H and O–H groups in total. The molecule has 1 heterocycles. The first-order chi connectivity index (χ1) is 15.0. The van der Waals surface area contributed by atoms with Crippen molar-refractivity contribution in [2.45, 2.75) is 26.7 Å². The maximum atomic E-state index is 12.6.